The van der Waals surface area contributed by atoms with Gasteiger partial charge in [-0.15, -0.1) is 0 Å². The summed E-state index contributed by atoms with van der Waals surface area (Å²) in [5, 5.41) is 2.67. The number of pyridine rings is 1. The predicted octanol–water partition coefficient (Wildman–Crippen LogP) is 0.885. The minimum absolute atomic E-state index is 0.0399. The van der Waals surface area contributed by atoms with Crippen LogP contribution >= 0.6 is 0 Å². The Morgan fingerprint density at radius 1 is 1.64 bits per heavy atom. The third-order valence-electron chi connectivity index (χ3n) is 1.71. The number of nitrogens with zero attached hydrogens (tertiary/aromatic N) is 1. The average molecular weight is 148 g/mol. The van der Waals surface area contributed by atoms with Crippen molar-refractivity contribution in [2.24, 2.45) is 0 Å². The summed E-state index contributed by atoms with van der Waals surface area (Å²) in [5.41, 5.74) is 2.11. The van der Waals surface area contributed by atoms with Gasteiger partial charge in [-0.1, -0.05) is 6.07 Å². The number of aromatic nitrogens is 1. The zero-order valence-corrected chi connectivity index (χ0v) is 6.22. The number of carbonyl (C=O) groups is 1. The molecule has 0 radical (unpaired) electrons. The van der Waals surface area contributed by atoms with Crippen LogP contribution in [0.15, 0.2) is 12.3 Å². The number of nitrogens with one attached hydrogen (secondary N) is 1. The molecule has 1 aliphatic heterocycles. The van der Waals surface area contributed by atoms with E-state index < -0.39 is 0 Å². The maximum absolute atomic E-state index is 10.9. The lowest BCUT2D eigenvalue weighted by molar-refractivity contribution is -0.115. The Morgan fingerprint density at radius 2 is 2.45 bits per heavy atom. The molecule has 0 spiro atoms. The summed E-state index contributed by atoms with van der Waals surface area (Å²) in [6, 6.07) is 1.99. The van der Waals surface area contributed by atoms with Crippen molar-refractivity contribution < 1.29 is 4.79 Å². The average Bonchev–Trinajstić information content (AvgIpc) is 2.27. The normalized spacial score (nSPS) is 14.5. The highest BCUT2D eigenvalue weighted by Crippen LogP contribution is 2.19. The second-order valence-corrected chi connectivity index (χ2v) is 2.75. The summed E-state index contributed by atoms with van der Waals surface area (Å²) in [6.07, 6.45) is 2.23. The minimum Gasteiger partial charge on any atom is -0.310 e. The van der Waals surface area contributed by atoms with Gasteiger partial charge >= 0.3 is 0 Å². The first-order valence-electron chi connectivity index (χ1n) is 3.51. The van der Waals surface area contributed by atoms with Crippen LogP contribution in [0.5, 0.6) is 0 Å². The molecule has 3 heteroatoms. The lowest BCUT2D eigenvalue weighted by Gasteiger charge is -1.96. The van der Waals surface area contributed by atoms with Crippen LogP contribution in [-0.2, 0) is 11.2 Å². The van der Waals surface area contributed by atoms with Gasteiger partial charge in [-0.2, -0.15) is 0 Å². The van der Waals surface area contributed by atoms with Crippen molar-refractivity contribution in [2.75, 3.05) is 5.32 Å². The Labute approximate surface area is 64.5 Å². The van der Waals surface area contributed by atoms with Gasteiger partial charge < -0.3 is 5.32 Å². The minimum atomic E-state index is 0.0399. The number of amides is 1. The molecule has 0 atom stereocenters. The lowest BCUT2D eigenvalue weighted by atomic mass is 10.2. The van der Waals surface area contributed by atoms with Gasteiger partial charge in [0.1, 0.15) is 5.82 Å². The van der Waals surface area contributed by atoms with Crippen molar-refractivity contribution in [1.82, 2.24) is 4.98 Å². The molecule has 2 heterocycles. The molecule has 11 heavy (non-hydrogen) atoms. The van der Waals surface area contributed by atoms with Gasteiger partial charge in [-0.25, -0.2) is 4.98 Å². The third-order valence-corrected chi connectivity index (χ3v) is 1.71. The van der Waals surface area contributed by atoms with E-state index in [0.717, 1.165) is 16.9 Å². The van der Waals surface area contributed by atoms with Crippen LogP contribution in [0, 0.1) is 6.92 Å². The Kier molecular flexibility index (Phi) is 1.18. The van der Waals surface area contributed by atoms with Crippen molar-refractivity contribution in [3.63, 3.8) is 0 Å². The molecule has 56 valence electrons. The molecule has 0 fully saturated rings. The molecular formula is C8H8N2O. The van der Waals surface area contributed by atoms with E-state index in [1.807, 2.05) is 13.0 Å². The maximum atomic E-state index is 10.9. The Balaban J connectivity index is 2.51. The van der Waals surface area contributed by atoms with Crippen molar-refractivity contribution in [2.45, 2.75) is 13.3 Å². The van der Waals surface area contributed by atoms with Gasteiger partial charge in [0.2, 0.25) is 5.91 Å². The first kappa shape index (κ1) is 6.34. The van der Waals surface area contributed by atoms with Gasteiger partial charge in [0.25, 0.3) is 0 Å². The lowest BCUT2D eigenvalue weighted by Crippen LogP contribution is -2.04. The van der Waals surface area contributed by atoms with Crippen LogP contribution in [-0.4, -0.2) is 10.9 Å². The number of rotatable bonds is 0. The molecule has 0 saturated heterocycles. The molecule has 1 amide bonds. The van der Waals surface area contributed by atoms with Gasteiger partial charge in [0.05, 0.1) is 6.42 Å². The first-order chi connectivity index (χ1) is 5.25. The van der Waals surface area contributed by atoms with Crippen LogP contribution in [0.3, 0.4) is 0 Å². The van der Waals surface area contributed by atoms with Crippen molar-refractivity contribution in [3.05, 3.63) is 23.4 Å². The second kappa shape index (κ2) is 2.05. The zero-order valence-electron chi connectivity index (χ0n) is 6.22. The Bertz CT molecular complexity index is 320. The van der Waals surface area contributed by atoms with Crippen LogP contribution < -0.4 is 5.32 Å². The summed E-state index contributed by atoms with van der Waals surface area (Å²) < 4.78 is 0. The number of aryl methyl sites for hydroxylation is 1. The quantitative estimate of drug-likeness (QED) is 0.593. The van der Waals surface area contributed by atoms with Crippen LogP contribution in [0.1, 0.15) is 11.1 Å². The van der Waals surface area contributed by atoms with E-state index in [4.69, 9.17) is 0 Å². The van der Waals surface area contributed by atoms with Crippen molar-refractivity contribution in [1.29, 1.82) is 0 Å². The Morgan fingerprint density at radius 3 is 3.27 bits per heavy atom. The highest BCUT2D eigenvalue weighted by molar-refractivity contribution is 5.97. The SMILES string of the molecule is Cc1cnc2c(c1)CC(=O)N2. The number of hydrogen-bond donors (Lipinski definition) is 1. The summed E-state index contributed by atoms with van der Waals surface area (Å²) in [4.78, 5) is 14.9. The summed E-state index contributed by atoms with van der Waals surface area (Å²) in [7, 11) is 0. The molecule has 0 unspecified atom stereocenters. The number of hydrogen-bond acceptors (Lipinski definition) is 2. The summed E-state index contributed by atoms with van der Waals surface area (Å²) >= 11 is 0. The standard InChI is InChI=1S/C8H8N2O/c1-5-2-6-3-7(11)10-8(6)9-4-5/h2,4H,3H2,1H3,(H,9,10,11). The first-order valence-corrected chi connectivity index (χ1v) is 3.51. The molecule has 1 aliphatic rings. The van der Waals surface area contributed by atoms with E-state index in [9.17, 15) is 4.79 Å². The second-order valence-electron chi connectivity index (χ2n) is 2.75. The molecule has 0 bridgehead atoms. The van der Waals surface area contributed by atoms with Crippen molar-refractivity contribution in [3.8, 4) is 0 Å². The van der Waals surface area contributed by atoms with E-state index >= 15 is 0 Å². The van der Waals surface area contributed by atoms with Crippen LogP contribution in [0.2, 0.25) is 0 Å². The van der Waals surface area contributed by atoms with E-state index in [1.165, 1.54) is 0 Å². The van der Waals surface area contributed by atoms with Gasteiger partial charge in [0.15, 0.2) is 0 Å². The monoisotopic (exact) mass is 148 g/mol. The molecule has 1 N–H and O–H groups in total. The number of anilines is 1. The largest absolute Gasteiger partial charge is 0.310 e. The fourth-order valence-electron chi connectivity index (χ4n) is 1.23. The fraction of sp³-hybridized carbons (Fsp3) is 0.250. The smallest absolute Gasteiger partial charge is 0.230 e. The highest BCUT2D eigenvalue weighted by Gasteiger charge is 2.17. The molecular weight excluding hydrogens is 140 g/mol. The molecule has 0 aliphatic carbocycles. The number of carbonyl (C=O) groups excluding carboxylic acids is 1. The van der Waals surface area contributed by atoms with E-state index in [1.54, 1.807) is 6.20 Å². The van der Waals surface area contributed by atoms with E-state index in [2.05, 4.69) is 10.3 Å². The molecule has 3 nitrogen and oxygen atoms in total. The zero-order chi connectivity index (χ0) is 7.84. The van der Waals surface area contributed by atoms with E-state index in [-0.39, 0.29) is 5.91 Å². The van der Waals surface area contributed by atoms with Gasteiger partial charge in [0, 0.05) is 11.8 Å². The maximum Gasteiger partial charge on any atom is 0.230 e. The molecule has 0 saturated carbocycles. The molecule has 2 rings (SSSR count). The van der Waals surface area contributed by atoms with Crippen LogP contribution in [0.4, 0.5) is 5.82 Å². The topological polar surface area (TPSA) is 42.0 Å². The van der Waals surface area contributed by atoms with Gasteiger partial charge in [-0.05, 0) is 12.5 Å². The predicted molar refractivity (Wildman–Crippen MR) is 41.3 cm³/mol. The third kappa shape index (κ3) is 0.981. The van der Waals surface area contributed by atoms with Crippen molar-refractivity contribution >= 4 is 11.7 Å². The molecule has 1 aromatic rings. The van der Waals surface area contributed by atoms with E-state index in [0.29, 0.717) is 6.42 Å². The highest BCUT2D eigenvalue weighted by atomic mass is 16.1. The van der Waals surface area contributed by atoms with Gasteiger partial charge in [-0.3, -0.25) is 4.79 Å². The number of fused-ring (bicyclic) bond motifs is 1. The summed E-state index contributed by atoms with van der Waals surface area (Å²) in [5.74, 6) is 0.763. The Hall–Kier alpha value is -1.38. The molecule has 0 aromatic carbocycles. The fourth-order valence-corrected chi connectivity index (χ4v) is 1.23. The molecule has 1 aromatic heterocycles. The van der Waals surface area contributed by atoms with Crippen LogP contribution in [0.25, 0.3) is 0 Å². The summed E-state index contributed by atoms with van der Waals surface area (Å²) in [6.45, 7) is 1.97.